The highest BCUT2D eigenvalue weighted by atomic mass is 79.9. The summed E-state index contributed by atoms with van der Waals surface area (Å²) < 4.78 is 12.8. The van der Waals surface area contributed by atoms with E-state index in [0.29, 0.717) is 17.7 Å². The molecule has 1 atom stereocenters. The number of hydrogen-bond acceptors (Lipinski definition) is 4. The van der Waals surface area contributed by atoms with E-state index in [9.17, 15) is 14.7 Å². The van der Waals surface area contributed by atoms with E-state index in [-0.39, 0.29) is 25.4 Å². The van der Waals surface area contributed by atoms with Crippen molar-refractivity contribution in [2.75, 3.05) is 13.7 Å². The molecule has 0 fully saturated rings. The summed E-state index contributed by atoms with van der Waals surface area (Å²) in [4.78, 5) is 26.3. The third-order valence-corrected chi connectivity index (χ3v) is 6.68. The number of halogens is 1. The van der Waals surface area contributed by atoms with Gasteiger partial charge in [0, 0.05) is 41.5 Å². The summed E-state index contributed by atoms with van der Waals surface area (Å²) in [6, 6.07) is 21.1. The molecule has 1 heterocycles. The van der Waals surface area contributed by atoms with Gasteiger partial charge in [-0.3, -0.25) is 9.59 Å². The molecule has 0 spiro atoms. The highest BCUT2D eigenvalue weighted by Crippen LogP contribution is 2.38. The molecule has 182 valence electrons. The molecule has 7 heteroatoms. The molecule has 1 amide bonds. The van der Waals surface area contributed by atoms with Crippen molar-refractivity contribution in [2.45, 2.75) is 38.3 Å². The van der Waals surface area contributed by atoms with Crippen LogP contribution in [0.15, 0.2) is 71.2 Å². The first kappa shape index (κ1) is 24.8. The number of aliphatic carboxylic acids is 1. The Balaban J connectivity index is 1.54. The fourth-order valence-electron chi connectivity index (χ4n) is 4.49. The number of ether oxygens (including phenoxy) is 2. The minimum atomic E-state index is -0.950. The minimum Gasteiger partial charge on any atom is -0.496 e. The number of hydrogen-bond donors (Lipinski definition) is 1. The summed E-state index contributed by atoms with van der Waals surface area (Å²) in [7, 11) is 1.58. The minimum absolute atomic E-state index is 0.0983. The lowest BCUT2D eigenvalue weighted by molar-refractivity contribution is -0.137. The summed E-state index contributed by atoms with van der Waals surface area (Å²) in [5, 5.41) is 9.22. The predicted octanol–water partition coefficient (Wildman–Crippen LogP) is 5.51. The maximum Gasteiger partial charge on any atom is 0.305 e. The van der Waals surface area contributed by atoms with Gasteiger partial charge in [-0.2, -0.15) is 0 Å². The third kappa shape index (κ3) is 6.03. The summed E-state index contributed by atoms with van der Waals surface area (Å²) in [5.41, 5.74) is 3.08. The monoisotopic (exact) mass is 537 g/mol. The molecule has 0 radical (unpaired) electrons. The molecular formula is C28H28BrNO5. The van der Waals surface area contributed by atoms with Crippen LogP contribution < -0.4 is 9.47 Å². The molecule has 1 aliphatic heterocycles. The van der Waals surface area contributed by atoms with Crippen molar-refractivity contribution >= 4 is 27.8 Å². The van der Waals surface area contributed by atoms with Gasteiger partial charge in [0.05, 0.1) is 13.5 Å². The van der Waals surface area contributed by atoms with Crippen LogP contribution in [0, 0.1) is 0 Å². The third-order valence-electron chi connectivity index (χ3n) is 6.16. The van der Waals surface area contributed by atoms with Gasteiger partial charge in [0.15, 0.2) is 0 Å². The number of carbonyl (C=O) groups is 2. The van der Waals surface area contributed by atoms with Gasteiger partial charge in [-0.1, -0.05) is 46.3 Å². The number of carboxylic acids is 1. The number of carboxylic acid groups (broad SMARTS) is 1. The average Bonchev–Trinajstić information content (AvgIpc) is 3.17. The molecule has 0 saturated heterocycles. The molecule has 3 aromatic carbocycles. The van der Waals surface area contributed by atoms with Crippen LogP contribution in [0.1, 0.15) is 40.4 Å². The van der Waals surface area contributed by atoms with Crippen molar-refractivity contribution in [1.29, 1.82) is 0 Å². The largest absolute Gasteiger partial charge is 0.496 e. The molecule has 6 nitrogen and oxygen atoms in total. The number of methoxy groups -OCH3 is 1. The quantitative estimate of drug-likeness (QED) is 0.389. The molecule has 0 aromatic heterocycles. The smallest absolute Gasteiger partial charge is 0.305 e. The van der Waals surface area contributed by atoms with Gasteiger partial charge in [0.1, 0.15) is 17.1 Å². The number of fused-ring (bicyclic) bond motifs is 1. The molecule has 3 aromatic rings. The Bertz CT molecular complexity index is 1230. The number of rotatable bonds is 9. The lowest BCUT2D eigenvalue weighted by Gasteiger charge is -2.24. The van der Waals surface area contributed by atoms with Gasteiger partial charge in [0.2, 0.25) is 0 Å². The van der Waals surface area contributed by atoms with Gasteiger partial charge in [0.25, 0.3) is 5.91 Å². The van der Waals surface area contributed by atoms with Crippen LogP contribution >= 0.6 is 15.9 Å². The zero-order valence-electron chi connectivity index (χ0n) is 19.8. The van der Waals surface area contributed by atoms with Crippen molar-refractivity contribution in [3.05, 3.63) is 93.5 Å². The number of benzene rings is 3. The van der Waals surface area contributed by atoms with Crippen LogP contribution in [0.4, 0.5) is 0 Å². The fourth-order valence-corrected chi connectivity index (χ4v) is 4.76. The summed E-state index contributed by atoms with van der Waals surface area (Å²) in [6.07, 6.45) is 1.29. The Morgan fingerprint density at radius 2 is 1.86 bits per heavy atom. The SMILES string of the molecule is COc1ccccc1CN(CCC(=O)O)C(=O)c1ccc2c(c1)C[C@](C)(Cc1ccc(Br)cc1)O2. The Morgan fingerprint density at radius 1 is 1.11 bits per heavy atom. The standard InChI is InChI=1S/C28H28BrNO5/c1-28(16-19-7-10-23(29)11-8-19)17-22-15-20(9-12-25(22)35-28)27(33)30(14-13-26(31)32)18-21-5-3-4-6-24(21)34-2/h3-12,15H,13-14,16-18H2,1-2H3,(H,31,32)/t28-/m0/s1. The van der Waals surface area contributed by atoms with Crippen molar-refractivity contribution in [3.8, 4) is 11.5 Å². The summed E-state index contributed by atoms with van der Waals surface area (Å²) in [5.74, 6) is 0.269. The first-order valence-corrected chi connectivity index (χ1v) is 12.2. The molecule has 4 rings (SSSR count). The van der Waals surface area contributed by atoms with Crippen LogP contribution in [-0.2, 0) is 24.2 Å². The van der Waals surface area contributed by atoms with Gasteiger partial charge in [-0.15, -0.1) is 0 Å². The lowest BCUT2D eigenvalue weighted by Crippen LogP contribution is -2.33. The second-order valence-electron chi connectivity index (χ2n) is 9.04. The molecule has 0 saturated carbocycles. The van der Waals surface area contributed by atoms with Crippen molar-refractivity contribution in [3.63, 3.8) is 0 Å². The molecular weight excluding hydrogens is 510 g/mol. The Morgan fingerprint density at radius 3 is 2.57 bits per heavy atom. The molecule has 0 unspecified atom stereocenters. The Kier molecular flexibility index (Phi) is 7.45. The molecule has 0 bridgehead atoms. The van der Waals surface area contributed by atoms with Gasteiger partial charge in [-0.25, -0.2) is 0 Å². The predicted molar refractivity (Wildman–Crippen MR) is 137 cm³/mol. The van der Waals surface area contributed by atoms with Crippen LogP contribution in [0.3, 0.4) is 0 Å². The first-order valence-electron chi connectivity index (χ1n) is 11.5. The van der Waals surface area contributed by atoms with E-state index in [0.717, 1.165) is 27.8 Å². The van der Waals surface area contributed by atoms with Crippen molar-refractivity contribution < 1.29 is 24.2 Å². The zero-order chi connectivity index (χ0) is 25.0. The van der Waals surface area contributed by atoms with Gasteiger partial charge < -0.3 is 19.5 Å². The Labute approximate surface area is 213 Å². The maximum atomic E-state index is 13.5. The summed E-state index contributed by atoms with van der Waals surface area (Å²) in [6.45, 7) is 2.43. The van der Waals surface area contributed by atoms with E-state index in [1.54, 1.807) is 18.1 Å². The van der Waals surface area contributed by atoms with Crippen molar-refractivity contribution in [2.24, 2.45) is 0 Å². The van der Waals surface area contributed by atoms with Crippen LogP contribution in [0.5, 0.6) is 11.5 Å². The summed E-state index contributed by atoms with van der Waals surface area (Å²) >= 11 is 3.47. The molecule has 1 aliphatic rings. The van der Waals surface area contributed by atoms with E-state index in [1.165, 1.54) is 5.56 Å². The number of carbonyl (C=O) groups excluding carboxylic acids is 1. The van der Waals surface area contributed by atoms with Crippen molar-refractivity contribution in [1.82, 2.24) is 4.90 Å². The van der Waals surface area contributed by atoms with Gasteiger partial charge >= 0.3 is 5.97 Å². The van der Waals surface area contributed by atoms with E-state index in [4.69, 9.17) is 9.47 Å². The molecule has 1 N–H and O–H groups in total. The highest BCUT2D eigenvalue weighted by Gasteiger charge is 2.35. The number of amides is 1. The van der Waals surface area contributed by atoms with E-state index in [1.807, 2.05) is 48.5 Å². The second-order valence-corrected chi connectivity index (χ2v) is 9.95. The maximum absolute atomic E-state index is 13.5. The van der Waals surface area contributed by atoms with E-state index < -0.39 is 11.6 Å². The van der Waals surface area contributed by atoms with Crippen LogP contribution in [-0.4, -0.2) is 41.1 Å². The number of para-hydroxylation sites is 1. The van der Waals surface area contributed by atoms with E-state index in [2.05, 4.69) is 35.0 Å². The highest BCUT2D eigenvalue weighted by molar-refractivity contribution is 9.10. The lowest BCUT2D eigenvalue weighted by atomic mass is 9.91. The second kappa shape index (κ2) is 10.5. The normalized spacial score (nSPS) is 16.3. The van der Waals surface area contributed by atoms with E-state index >= 15 is 0 Å². The topological polar surface area (TPSA) is 76.1 Å². The molecule has 0 aliphatic carbocycles. The number of nitrogens with zero attached hydrogens (tertiary/aromatic N) is 1. The zero-order valence-corrected chi connectivity index (χ0v) is 21.4. The van der Waals surface area contributed by atoms with Crippen LogP contribution in [0.25, 0.3) is 0 Å². The molecule has 35 heavy (non-hydrogen) atoms. The van der Waals surface area contributed by atoms with Gasteiger partial charge in [-0.05, 0) is 54.4 Å². The fraction of sp³-hybridized carbons (Fsp3) is 0.286. The Hall–Kier alpha value is -3.32. The van der Waals surface area contributed by atoms with Crippen LogP contribution in [0.2, 0.25) is 0 Å². The average molecular weight is 538 g/mol. The first-order chi connectivity index (χ1) is 16.8.